The summed E-state index contributed by atoms with van der Waals surface area (Å²) in [5.41, 5.74) is 1.19. The molecule has 3 amide bonds. The number of nitrogens with zero attached hydrogens (tertiary/aromatic N) is 2. The summed E-state index contributed by atoms with van der Waals surface area (Å²) < 4.78 is 5.74. The summed E-state index contributed by atoms with van der Waals surface area (Å²) in [5, 5.41) is 3.19. The van der Waals surface area contributed by atoms with Crippen molar-refractivity contribution < 1.29 is 14.0 Å². The first-order valence-corrected chi connectivity index (χ1v) is 12.0. The minimum absolute atomic E-state index is 0.0271. The molecule has 172 valence electrons. The zero-order valence-corrected chi connectivity index (χ0v) is 19.1. The van der Waals surface area contributed by atoms with Gasteiger partial charge in [-0.1, -0.05) is 49.6 Å². The van der Waals surface area contributed by atoms with Crippen LogP contribution in [0.15, 0.2) is 46.9 Å². The topological polar surface area (TPSA) is 65.8 Å². The van der Waals surface area contributed by atoms with Gasteiger partial charge in [-0.05, 0) is 56.7 Å². The van der Waals surface area contributed by atoms with Crippen molar-refractivity contribution in [3.63, 3.8) is 0 Å². The van der Waals surface area contributed by atoms with Crippen LogP contribution in [0.2, 0.25) is 0 Å². The Kier molecular flexibility index (Phi) is 7.51. The molecule has 0 saturated heterocycles. The zero-order chi connectivity index (χ0) is 22.3. The minimum atomic E-state index is -0.0791. The summed E-state index contributed by atoms with van der Waals surface area (Å²) >= 11 is 0. The van der Waals surface area contributed by atoms with E-state index in [9.17, 15) is 9.59 Å². The number of amides is 3. The Balaban J connectivity index is 1.41. The number of carbonyl (C=O) groups is 2. The van der Waals surface area contributed by atoms with Crippen molar-refractivity contribution >= 4 is 11.9 Å². The number of aryl methyl sites for hydroxylation is 1. The lowest BCUT2D eigenvalue weighted by Gasteiger charge is -2.30. The van der Waals surface area contributed by atoms with Crippen LogP contribution in [0, 0.1) is 6.92 Å². The minimum Gasteiger partial charge on any atom is -0.464 e. The van der Waals surface area contributed by atoms with Crippen LogP contribution in [0.4, 0.5) is 4.79 Å². The van der Waals surface area contributed by atoms with Crippen LogP contribution >= 0.6 is 0 Å². The first-order chi connectivity index (χ1) is 15.6. The van der Waals surface area contributed by atoms with Crippen molar-refractivity contribution in [3.05, 3.63) is 59.5 Å². The number of benzene rings is 1. The second kappa shape index (κ2) is 10.7. The lowest BCUT2D eigenvalue weighted by molar-refractivity contribution is -0.132. The van der Waals surface area contributed by atoms with Gasteiger partial charge in [-0.15, -0.1) is 0 Å². The molecular weight excluding hydrogens is 402 g/mol. The third-order valence-corrected chi connectivity index (χ3v) is 6.50. The van der Waals surface area contributed by atoms with Crippen LogP contribution in [-0.2, 0) is 17.8 Å². The van der Waals surface area contributed by atoms with E-state index < -0.39 is 0 Å². The number of hydrogen-bond donors (Lipinski definition) is 1. The average molecular weight is 438 g/mol. The van der Waals surface area contributed by atoms with E-state index in [2.05, 4.69) is 17.4 Å². The van der Waals surface area contributed by atoms with Gasteiger partial charge < -0.3 is 19.5 Å². The molecule has 2 aliphatic rings. The SMILES string of the molecule is Cc1ccc(CN(CCc2ccccc2)C(=O)CN(C(=O)NC2CCCCC2)C2CC2)o1. The van der Waals surface area contributed by atoms with E-state index in [-0.39, 0.29) is 30.6 Å². The normalized spacial score (nSPS) is 16.5. The van der Waals surface area contributed by atoms with Crippen molar-refractivity contribution in [3.8, 4) is 0 Å². The predicted molar refractivity (Wildman–Crippen MR) is 124 cm³/mol. The smallest absolute Gasteiger partial charge is 0.318 e. The second-order valence-corrected chi connectivity index (χ2v) is 9.21. The molecule has 0 aliphatic heterocycles. The number of urea groups is 1. The first-order valence-electron chi connectivity index (χ1n) is 12.0. The highest BCUT2D eigenvalue weighted by Gasteiger charge is 2.35. The maximum atomic E-state index is 13.4. The van der Waals surface area contributed by atoms with Gasteiger partial charge in [-0.25, -0.2) is 4.79 Å². The Labute approximate surface area is 191 Å². The van der Waals surface area contributed by atoms with Crippen LogP contribution in [-0.4, -0.2) is 46.9 Å². The molecule has 1 aromatic carbocycles. The monoisotopic (exact) mass is 437 g/mol. The van der Waals surface area contributed by atoms with Gasteiger partial charge in [-0.2, -0.15) is 0 Å². The highest BCUT2D eigenvalue weighted by atomic mass is 16.3. The standard InChI is InChI=1S/C26H35N3O3/c1-20-12-15-24(32-20)18-28(17-16-21-8-4-2-5-9-21)25(30)19-29(23-13-14-23)26(31)27-22-10-6-3-7-11-22/h2,4-5,8-9,12,15,22-23H,3,6-7,10-11,13-14,16-19H2,1H3,(H,27,31). The van der Waals surface area contributed by atoms with Crippen LogP contribution in [0.3, 0.4) is 0 Å². The lowest BCUT2D eigenvalue weighted by Crippen LogP contribution is -2.50. The Morgan fingerprint density at radius 3 is 2.41 bits per heavy atom. The summed E-state index contributed by atoms with van der Waals surface area (Å²) in [6.45, 7) is 3.04. The number of hydrogen-bond acceptors (Lipinski definition) is 3. The molecule has 32 heavy (non-hydrogen) atoms. The van der Waals surface area contributed by atoms with E-state index in [1.54, 1.807) is 4.90 Å². The summed E-state index contributed by atoms with van der Waals surface area (Å²) in [6.07, 6.45) is 8.40. The Hall–Kier alpha value is -2.76. The van der Waals surface area contributed by atoms with Gasteiger partial charge in [0.25, 0.3) is 0 Å². The molecule has 0 bridgehead atoms. The Morgan fingerprint density at radius 1 is 1.00 bits per heavy atom. The highest BCUT2D eigenvalue weighted by molar-refractivity contribution is 5.84. The molecule has 2 saturated carbocycles. The summed E-state index contributed by atoms with van der Waals surface area (Å²) in [7, 11) is 0. The van der Waals surface area contributed by atoms with Crippen molar-refractivity contribution in [2.75, 3.05) is 13.1 Å². The van der Waals surface area contributed by atoms with Crippen molar-refractivity contribution in [1.82, 2.24) is 15.1 Å². The fourth-order valence-corrected chi connectivity index (χ4v) is 4.46. The fourth-order valence-electron chi connectivity index (χ4n) is 4.46. The van der Waals surface area contributed by atoms with E-state index >= 15 is 0 Å². The van der Waals surface area contributed by atoms with Gasteiger partial charge >= 0.3 is 6.03 Å². The second-order valence-electron chi connectivity index (χ2n) is 9.21. The van der Waals surface area contributed by atoms with E-state index in [1.807, 2.05) is 42.2 Å². The number of nitrogens with one attached hydrogen (secondary N) is 1. The average Bonchev–Trinajstić information content (AvgIpc) is 3.57. The molecule has 2 aromatic rings. The third-order valence-electron chi connectivity index (χ3n) is 6.50. The number of carbonyl (C=O) groups excluding carboxylic acids is 2. The molecule has 1 heterocycles. The van der Waals surface area contributed by atoms with Gasteiger partial charge in [0.2, 0.25) is 5.91 Å². The molecule has 0 unspecified atom stereocenters. The van der Waals surface area contributed by atoms with Crippen LogP contribution in [0.5, 0.6) is 0 Å². The quantitative estimate of drug-likeness (QED) is 0.620. The molecule has 1 N–H and O–H groups in total. The molecular formula is C26H35N3O3. The maximum Gasteiger partial charge on any atom is 0.318 e. The lowest BCUT2D eigenvalue weighted by atomic mass is 9.96. The molecule has 2 aliphatic carbocycles. The largest absolute Gasteiger partial charge is 0.464 e. The highest BCUT2D eigenvalue weighted by Crippen LogP contribution is 2.27. The predicted octanol–water partition coefficient (Wildman–Crippen LogP) is 4.67. The first kappa shape index (κ1) is 22.4. The number of rotatable bonds is 9. The van der Waals surface area contributed by atoms with Gasteiger partial charge in [0, 0.05) is 18.6 Å². The van der Waals surface area contributed by atoms with Crippen molar-refractivity contribution in [2.45, 2.75) is 76.9 Å². The Morgan fingerprint density at radius 2 is 1.75 bits per heavy atom. The van der Waals surface area contributed by atoms with Gasteiger partial charge in [0.1, 0.15) is 18.1 Å². The maximum absolute atomic E-state index is 13.4. The van der Waals surface area contributed by atoms with Crippen molar-refractivity contribution in [2.24, 2.45) is 0 Å². The molecule has 1 aromatic heterocycles. The van der Waals surface area contributed by atoms with Gasteiger partial charge in [-0.3, -0.25) is 4.79 Å². The summed E-state index contributed by atoms with van der Waals surface area (Å²) in [4.78, 5) is 30.0. The molecule has 6 heteroatoms. The van der Waals surface area contributed by atoms with Gasteiger partial charge in [0.05, 0.1) is 6.54 Å². The molecule has 0 atom stereocenters. The molecule has 4 rings (SSSR count). The Bertz CT molecular complexity index is 885. The summed E-state index contributed by atoms with van der Waals surface area (Å²) in [6, 6.07) is 14.4. The van der Waals surface area contributed by atoms with E-state index in [1.165, 1.54) is 24.8 Å². The van der Waals surface area contributed by atoms with Crippen molar-refractivity contribution in [1.29, 1.82) is 0 Å². The van der Waals surface area contributed by atoms with Crippen LogP contribution < -0.4 is 5.32 Å². The van der Waals surface area contributed by atoms with E-state index in [0.29, 0.717) is 13.1 Å². The van der Waals surface area contributed by atoms with Crippen LogP contribution in [0.1, 0.15) is 62.0 Å². The zero-order valence-electron chi connectivity index (χ0n) is 19.1. The summed E-state index contributed by atoms with van der Waals surface area (Å²) in [5.74, 6) is 1.58. The van der Waals surface area contributed by atoms with E-state index in [4.69, 9.17) is 4.42 Å². The molecule has 2 fully saturated rings. The molecule has 0 radical (unpaired) electrons. The molecule has 0 spiro atoms. The van der Waals surface area contributed by atoms with Gasteiger partial charge in [0.15, 0.2) is 0 Å². The molecule has 6 nitrogen and oxygen atoms in total. The number of furan rings is 1. The third kappa shape index (κ3) is 6.38. The van der Waals surface area contributed by atoms with E-state index in [0.717, 1.165) is 43.6 Å². The fraction of sp³-hybridized carbons (Fsp3) is 0.538. The van der Waals surface area contributed by atoms with Crippen LogP contribution in [0.25, 0.3) is 0 Å².